The van der Waals surface area contributed by atoms with Crippen molar-refractivity contribution in [2.75, 3.05) is 7.11 Å². The summed E-state index contributed by atoms with van der Waals surface area (Å²) in [7, 11) is 1.34. The third kappa shape index (κ3) is 3.54. The Labute approximate surface area is 119 Å². The van der Waals surface area contributed by atoms with Gasteiger partial charge in [-0.1, -0.05) is 22.0 Å². The highest BCUT2D eigenvalue weighted by Crippen LogP contribution is 2.19. The van der Waals surface area contributed by atoms with E-state index in [9.17, 15) is 4.79 Å². The van der Waals surface area contributed by atoms with Crippen LogP contribution in [-0.4, -0.2) is 18.1 Å². The second-order valence-corrected chi connectivity index (χ2v) is 4.65. The van der Waals surface area contributed by atoms with Crippen LogP contribution in [0, 0.1) is 0 Å². The van der Waals surface area contributed by atoms with Gasteiger partial charge in [-0.15, -0.1) is 0 Å². The Morgan fingerprint density at radius 1 is 1.32 bits per heavy atom. The summed E-state index contributed by atoms with van der Waals surface area (Å²) in [6.45, 7) is 0.210. The molecule has 0 amide bonds. The number of methoxy groups -OCH3 is 1. The summed E-state index contributed by atoms with van der Waals surface area (Å²) in [5.41, 5.74) is 0.967. The topological polar surface area (TPSA) is 48.4 Å². The van der Waals surface area contributed by atoms with Gasteiger partial charge in [-0.25, -0.2) is 4.79 Å². The van der Waals surface area contributed by atoms with Gasteiger partial charge < -0.3 is 9.47 Å². The van der Waals surface area contributed by atoms with Crippen molar-refractivity contribution < 1.29 is 14.3 Å². The third-order valence-corrected chi connectivity index (χ3v) is 2.96. The van der Waals surface area contributed by atoms with E-state index < -0.39 is 5.97 Å². The maximum atomic E-state index is 11.6. The van der Waals surface area contributed by atoms with E-state index in [0.717, 1.165) is 4.47 Å². The zero-order valence-corrected chi connectivity index (χ0v) is 11.9. The van der Waals surface area contributed by atoms with E-state index in [-0.39, 0.29) is 6.61 Å². The molecule has 0 saturated heterocycles. The van der Waals surface area contributed by atoms with Gasteiger partial charge >= 0.3 is 5.97 Å². The van der Waals surface area contributed by atoms with Crippen LogP contribution in [0.3, 0.4) is 0 Å². The second kappa shape index (κ2) is 6.33. The summed E-state index contributed by atoms with van der Waals surface area (Å²) in [5, 5.41) is 0. The van der Waals surface area contributed by atoms with Crippen molar-refractivity contribution in [2.45, 2.75) is 6.61 Å². The number of ether oxygens (including phenoxy) is 2. The predicted molar refractivity (Wildman–Crippen MR) is 74.1 cm³/mol. The van der Waals surface area contributed by atoms with Crippen LogP contribution < -0.4 is 4.74 Å². The van der Waals surface area contributed by atoms with Crippen molar-refractivity contribution in [1.82, 2.24) is 4.98 Å². The van der Waals surface area contributed by atoms with Crippen LogP contribution >= 0.6 is 15.9 Å². The molecule has 0 aliphatic carbocycles. The van der Waals surface area contributed by atoms with Crippen molar-refractivity contribution in [2.24, 2.45) is 0 Å². The number of esters is 1. The normalized spacial score (nSPS) is 10.0. The van der Waals surface area contributed by atoms with Gasteiger partial charge in [0.15, 0.2) is 0 Å². The van der Waals surface area contributed by atoms with Crippen molar-refractivity contribution in [3.8, 4) is 5.75 Å². The molecule has 0 spiro atoms. The molecule has 0 atom stereocenters. The number of nitrogens with zero attached hydrogens (tertiary/aromatic N) is 1. The Balaban J connectivity index is 2.13. The first-order valence-corrected chi connectivity index (χ1v) is 6.40. The van der Waals surface area contributed by atoms with E-state index in [1.807, 2.05) is 24.3 Å². The number of hydrogen-bond acceptors (Lipinski definition) is 4. The molecule has 5 heteroatoms. The van der Waals surface area contributed by atoms with Gasteiger partial charge in [0, 0.05) is 10.7 Å². The first-order chi connectivity index (χ1) is 9.20. The van der Waals surface area contributed by atoms with Crippen LogP contribution in [0.25, 0.3) is 0 Å². The number of hydrogen-bond donors (Lipinski definition) is 0. The van der Waals surface area contributed by atoms with Crippen LogP contribution in [0.2, 0.25) is 0 Å². The molecule has 0 N–H and O–H groups in total. The summed E-state index contributed by atoms with van der Waals surface area (Å²) in [5.74, 6) is 0.289. The SMILES string of the molecule is COC(=O)c1cccnc1COc1cccc(Br)c1. The van der Waals surface area contributed by atoms with E-state index >= 15 is 0 Å². The van der Waals surface area contributed by atoms with Crippen molar-refractivity contribution >= 4 is 21.9 Å². The number of halogens is 1. The monoisotopic (exact) mass is 321 g/mol. The molecular formula is C14H12BrNO3. The molecule has 0 radical (unpaired) electrons. The number of benzene rings is 1. The van der Waals surface area contributed by atoms with E-state index in [1.54, 1.807) is 18.3 Å². The fraction of sp³-hybridized carbons (Fsp3) is 0.143. The molecule has 0 unspecified atom stereocenters. The van der Waals surface area contributed by atoms with Crippen molar-refractivity contribution in [1.29, 1.82) is 0 Å². The summed E-state index contributed by atoms with van der Waals surface area (Å²) in [4.78, 5) is 15.7. The summed E-state index contributed by atoms with van der Waals surface area (Å²) >= 11 is 3.37. The third-order valence-electron chi connectivity index (χ3n) is 2.47. The first-order valence-electron chi connectivity index (χ1n) is 5.61. The molecule has 1 aromatic heterocycles. The van der Waals surface area contributed by atoms with Crippen molar-refractivity contribution in [3.05, 3.63) is 58.3 Å². The van der Waals surface area contributed by atoms with Gasteiger partial charge in [-0.05, 0) is 30.3 Å². The lowest BCUT2D eigenvalue weighted by atomic mass is 10.2. The molecule has 1 heterocycles. The lowest BCUT2D eigenvalue weighted by Gasteiger charge is -2.09. The Morgan fingerprint density at radius 3 is 2.89 bits per heavy atom. The van der Waals surface area contributed by atoms with Gasteiger partial charge in [0.05, 0.1) is 18.4 Å². The molecule has 98 valence electrons. The molecule has 0 fully saturated rings. The Bertz CT molecular complexity index is 586. The average Bonchev–Trinajstić information content (AvgIpc) is 2.45. The van der Waals surface area contributed by atoms with E-state index in [4.69, 9.17) is 9.47 Å². The first kappa shape index (κ1) is 13.5. The zero-order chi connectivity index (χ0) is 13.7. The molecule has 2 aromatic rings. The van der Waals surface area contributed by atoms with E-state index in [0.29, 0.717) is 17.0 Å². The average molecular weight is 322 g/mol. The number of carbonyl (C=O) groups excluding carboxylic acids is 1. The lowest BCUT2D eigenvalue weighted by molar-refractivity contribution is 0.0597. The van der Waals surface area contributed by atoms with Crippen LogP contribution in [0.4, 0.5) is 0 Å². The van der Waals surface area contributed by atoms with Crippen LogP contribution in [-0.2, 0) is 11.3 Å². The smallest absolute Gasteiger partial charge is 0.339 e. The van der Waals surface area contributed by atoms with Gasteiger partial charge in [0.25, 0.3) is 0 Å². The standard InChI is InChI=1S/C14H12BrNO3/c1-18-14(17)12-6-3-7-16-13(12)9-19-11-5-2-4-10(15)8-11/h2-8H,9H2,1H3. The number of aromatic nitrogens is 1. The zero-order valence-electron chi connectivity index (χ0n) is 10.3. The second-order valence-electron chi connectivity index (χ2n) is 3.74. The minimum absolute atomic E-state index is 0.210. The number of rotatable bonds is 4. The van der Waals surface area contributed by atoms with Gasteiger partial charge in [-0.2, -0.15) is 0 Å². The quantitative estimate of drug-likeness (QED) is 0.811. The Hall–Kier alpha value is -1.88. The molecule has 0 aliphatic heterocycles. The minimum Gasteiger partial charge on any atom is -0.487 e. The summed E-state index contributed by atoms with van der Waals surface area (Å²) < 4.78 is 11.2. The fourth-order valence-electron chi connectivity index (χ4n) is 1.56. The molecule has 0 bridgehead atoms. The highest BCUT2D eigenvalue weighted by Gasteiger charge is 2.12. The van der Waals surface area contributed by atoms with Crippen LogP contribution in [0.1, 0.15) is 16.1 Å². The predicted octanol–water partition coefficient (Wildman–Crippen LogP) is 3.21. The molecular weight excluding hydrogens is 310 g/mol. The van der Waals surface area contributed by atoms with E-state index in [2.05, 4.69) is 20.9 Å². The number of pyridine rings is 1. The molecule has 1 aromatic carbocycles. The maximum Gasteiger partial charge on any atom is 0.339 e. The Morgan fingerprint density at radius 2 is 2.16 bits per heavy atom. The molecule has 0 aliphatic rings. The maximum absolute atomic E-state index is 11.6. The van der Waals surface area contributed by atoms with Gasteiger partial charge in [-0.3, -0.25) is 4.98 Å². The van der Waals surface area contributed by atoms with E-state index in [1.165, 1.54) is 7.11 Å². The van der Waals surface area contributed by atoms with Gasteiger partial charge in [0.1, 0.15) is 12.4 Å². The van der Waals surface area contributed by atoms with Crippen molar-refractivity contribution in [3.63, 3.8) is 0 Å². The largest absolute Gasteiger partial charge is 0.487 e. The number of carbonyl (C=O) groups is 1. The van der Waals surface area contributed by atoms with Gasteiger partial charge in [0.2, 0.25) is 0 Å². The highest BCUT2D eigenvalue weighted by molar-refractivity contribution is 9.10. The fourth-order valence-corrected chi connectivity index (χ4v) is 1.94. The molecule has 0 saturated carbocycles. The summed E-state index contributed by atoms with van der Waals surface area (Å²) in [6, 6.07) is 10.8. The minimum atomic E-state index is -0.416. The van der Waals surface area contributed by atoms with Crippen LogP contribution in [0.5, 0.6) is 5.75 Å². The Kier molecular flexibility index (Phi) is 4.52. The summed E-state index contributed by atoms with van der Waals surface area (Å²) in [6.07, 6.45) is 1.62. The highest BCUT2D eigenvalue weighted by atomic mass is 79.9. The molecule has 19 heavy (non-hydrogen) atoms. The lowest BCUT2D eigenvalue weighted by Crippen LogP contribution is -2.09. The molecule has 2 rings (SSSR count). The molecule has 4 nitrogen and oxygen atoms in total. The van der Waals surface area contributed by atoms with Crippen LogP contribution in [0.15, 0.2) is 47.1 Å².